The second kappa shape index (κ2) is 9.03. The minimum atomic E-state index is -0.231. The van der Waals surface area contributed by atoms with E-state index in [0.717, 1.165) is 39.5 Å². The second-order valence-corrected chi connectivity index (χ2v) is 8.60. The van der Waals surface area contributed by atoms with Crippen LogP contribution in [-0.4, -0.2) is 33.5 Å². The van der Waals surface area contributed by atoms with Gasteiger partial charge in [0.05, 0.1) is 30.2 Å². The average molecular weight is 457 g/mol. The van der Waals surface area contributed by atoms with Crippen LogP contribution in [0.1, 0.15) is 36.9 Å². The summed E-state index contributed by atoms with van der Waals surface area (Å²) in [5, 5.41) is 15.5. The number of benzene rings is 2. The Balaban J connectivity index is 1.60. The largest absolute Gasteiger partial charge is 0.497 e. The van der Waals surface area contributed by atoms with Crippen molar-refractivity contribution in [2.75, 3.05) is 7.11 Å². The molecule has 0 aliphatic carbocycles. The van der Waals surface area contributed by atoms with Crippen molar-refractivity contribution in [3.05, 3.63) is 88.7 Å². The molecular weight excluding hydrogens is 432 g/mol. The van der Waals surface area contributed by atoms with Crippen LogP contribution >= 0.6 is 11.3 Å². The summed E-state index contributed by atoms with van der Waals surface area (Å²) in [6, 6.07) is 19.7. The van der Waals surface area contributed by atoms with Gasteiger partial charge in [0.15, 0.2) is 0 Å². The van der Waals surface area contributed by atoms with E-state index >= 15 is 0 Å². The molecule has 1 amide bonds. The number of amides is 1. The smallest absolute Gasteiger partial charge is 0.242 e. The van der Waals surface area contributed by atoms with Crippen LogP contribution in [0.2, 0.25) is 0 Å². The third-order valence-corrected chi connectivity index (χ3v) is 6.47. The van der Waals surface area contributed by atoms with Gasteiger partial charge >= 0.3 is 0 Å². The zero-order valence-electron chi connectivity index (χ0n) is 18.5. The lowest BCUT2D eigenvalue weighted by Gasteiger charge is -2.21. The van der Waals surface area contributed by atoms with Crippen LogP contribution in [0, 0.1) is 0 Å². The first-order chi connectivity index (χ1) is 16.2. The molecule has 7 heteroatoms. The van der Waals surface area contributed by atoms with Crippen molar-refractivity contribution in [2.24, 2.45) is 5.10 Å². The number of para-hydroxylation sites is 1. The molecule has 0 saturated heterocycles. The van der Waals surface area contributed by atoms with E-state index in [0.29, 0.717) is 12.8 Å². The normalized spacial score (nSPS) is 15.5. The lowest BCUT2D eigenvalue weighted by Crippen LogP contribution is -2.26. The van der Waals surface area contributed by atoms with Crippen molar-refractivity contribution in [3.8, 4) is 22.7 Å². The van der Waals surface area contributed by atoms with E-state index in [-0.39, 0.29) is 11.9 Å². The molecule has 1 aliphatic rings. The summed E-state index contributed by atoms with van der Waals surface area (Å²) >= 11 is 1.63. The van der Waals surface area contributed by atoms with Crippen molar-refractivity contribution in [1.29, 1.82) is 0 Å². The van der Waals surface area contributed by atoms with Crippen LogP contribution in [0.25, 0.3) is 16.9 Å². The Morgan fingerprint density at radius 1 is 1.12 bits per heavy atom. The van der Waals surface area contributed by atoms with Crippen LogP contribution < -0.4 is 4.74 Å². The van der Waals surface area contributed by atoms with E-state index < -0.39 is 0 Å². The van der Waals surface area contributed by atoms with E-state index in [1.807, 2.05) is 77.8 Å². The SMILES string of the molecule is CCC(=O)N1N=C(c2cccc(OC)c2)C[C@H]1c1cn(-c2ccccc2)nc1-c1ccsc1. The molecule has 3 heterocycles. The fraction of sp³-hybridized carbons (Fsp3) is 0.192. The highest BCUT2D eigenvalue weighted by Gasteiger charge is 2.35. The Labute approximate surface area is 196 Å². The molecule has 0 N–H and O–H groups in total. The lowest BCUT2D eigenvalue weighted by atomic mass is 9.97. The van der Waals surface area contributed by atoms with Crippen molar-refractivity contribution >= 4 is 23.0 Å². The molecule has 0 spiro atoms. The molecule has 0 bridgehead atoms. The minimum absolute atomic E-state index is 0.0124. The van der Waals surface area contributed by atoms with E-state index in [1.165, 1.54) is 0 Å². The van der Waals surface area contributed by atoms with Crippen molar-refractivity contribution in [2.45, 2.75) is 25.8 Å². The molecule has 2 aromatic carbocycles. The molecule has 1 atom stereocenters. The minimum Gasteiger partial charge on any atom is -0.497 e. The molecule has 6 nitrogen and oxygen atoms in total. The average Bonchev–Trinajstić information content (AvgIpc) is 3.63. The van der Waals surface area contributed by atoms with Gasteiger partial charge in [-0.2, -0.15) is 21.5 Å². The molecule has 1 aliphatic heterocycles. The van der Waals surface area contributed by atoms with Crippen LogP contribution in [0.5, 0.6) is 5.75 Å². The third kappa shape index (κ3) is 4.07. The second-order valence-electron chi connectivity index (χ2n) is 7.82. The molecule has 0 saturated carbocycles. The van der Waals surface area contributed by atoms with Gasteiger partial charge in [0.2, 0.25) is 5.91 Å². The number of thiophene rings is 1. The predicted molar refractivity (Wildman–Crippen MR) is 131 cm³/mol. The van der Waals surface area contributed by atoms with Gasteiger partial charge in [-0.15, -0.1) is 0 Å². The first-order valence-corrected chi connectivity index (χ1v) is 11.8. The Morgan fingerprint density at radius 2 is 1.97 bits per heavy atom. The van der Waals surface area contributed by atoms with Crippen LogP contribution in [0.15, 0.2) is 82.7 Å². The molecular formula is C26H24N4O2S. The number of carbonyl (C=O) groups is 1. The maximum atomic E-state index is 12.9. The molecule has 4 aromatic rings. The Hall–Kier alpha value is -3.71. The summed E-state index contributed by atoms with van der Waals surface area (Å²) in [6.07, 6.45) is 3.02. The maximum Gasteiger partial charge on any atom is 0.242 e. The van der Waals surface area contributed by atoms with Gasteiger partial charge < -0.3 is 4.74 Å². The van der Waals surface area contributed by atoms with Crippen LogP contribution in [0.4, 0.5) is 0 Å². The van der Waals surface area contributed by atoms with Crippen LogP contribution in [-0.2, 0) is 4.79 Å². The molecule has 33 heavy (non-hydrogen) atoms. The van der Waals surface area contributed by atoms with E-state index in [4.69, 9.17) is 14.9 Å². The van der Waals surface area contributed by atoms with Gasteiger partial charge in [-0.05, 0) is 35.7 Å². The highest BCUT2D eigenvalue weighted by molar-refractivity contribution is 7.08. The third-order valence-electron chi connectivity index (χ3n) is 5.79. The highest BCUT2D eigenvalue weighted by Crippen LogP contribution is 2.39. The van der Waals surface area contributed by atoms with Crippen molar-refractivity contribution in [1.82, 2.24) is 14.8 Å². The van der Waals surface area contributed by atoms with Gasteiger partial charge in [0.1, 0.15) is 5.75 Å². The number of hydrogen-bond acceptors (Lipinski definition) is 5. The van der Waals surface area contributed by atoms with Crippen molar-refractivity contribution in [3.63, 3.8) is 0 Å². The number of methoxy groups -OCH3 is 1. The fourth-order valence-corrected chi connectivity index (χ4v) is 4.73. The number of aromatic nitrogens is 2. The number of hydrogen-bond donors (Lipinski definition) is 0. The summed E-state index contributed by atoms with van der Waals surface area (Å²) in [6.45, 7) is 1.87. The Kier molecular flexibility index (Phi) is 5.79. The summed E-state index contributed by atoms with van der Waals surface area (Å²) in [5.74, 6) is 0.754. The van der Waals surface area contributed by atoms with Gasteiger partial charge in [-0.25, -0.2) is 9.69 Å². The number of carbonyl (C=O) groups excluding carboxylic acids is 1. The number of nitrogens with zero attached hydrogens (tertiary/aromatic N) is 4. The first-order valence-electron chi connectivity index (χ1n) is 10.9. The number of rotatable bonds is 6. The van der Waals surface area contributed by atoms with Gasteiger partial charge in [-0.3, -0.25) is 4.79 Å². The van der Waals surface area contributed by atoms with Gasteiger partial charge in [0.25, 0.3) is 0 Å². The summed E-state index contributed by atoms with van der Waals surface area (Å²) in [5.41, 5.74) is 5.70. The molecule has 0 fully saturated rings. The summed E-state index contributed by atoms with van der Waals surface area (Å²) in [7, 11) is 1.65. The summed E-state index contributed by atoms with van der Waals surface area (Å²) in [4.78, 5) is 12.9. The Bertz CT molecular complexity index is 1300. The standard InChI is InChI=1S/C26H24N4O2S/c1-3-25(31)30-24(15-23(27-30)18-8-7-11-21(14-18)32-2)22-16-29(20-9-5-4-6-10-20)28-26(22)19-12-13-33-17-19/h4-14,16-17,24H,3,15H2,1-2H3/t24-/m0/s1. The molecule has 166 valence electrons. The lowest BCUT2D eigenvalue weighted by molar-refractivity contribution is -0.132. The van der Waals surface area contributed by atoms with E-state index in [2.05, 4.69) is 11.4 Å². The molecule has 5 rings (SSSR count). The first kappa shape index (κ1) is 21.2. The highest BCUT2D eigenvalue weighted by atomic mass is 32.1. The quantitative estimate of drug-likeness (QED) is 0.374. The molecule has 0 radical (unpaired) electrons. The van der Waals surface area contributed by atoms with E-state index in [1.54, 1.807) is 23.5 Å². The van der Waals surface area contributed by atoms with Gasteiger partial charge in [0, 0.05) is 41.1 Å². The molecule has 0 unspecified atom stereocenters. The van der Waals surface area contributed by atoms with Gasteiger partial charge in [-0.1, -0.05) is 37.3 Å². The van der Waals surface area contributed by atoms with E-state index in [9.17, 15) is 4.79 Å². The zero-order chi connectivity index (χ0) is 22.8. The zero-order valence-corrected chi connectivity index (χ0v) is 19.3. The Morgan fingerprint density at radius 3 is 2.70 bits per heavy atom. The van der Waals surface area contributed by atoms with Crippen LogP contribution in [0.3, 0.4) is 0 Å². The monoisotopic (exact) mass is 456 g/mol. The number of hydrazone groups is 1. The summed E-state index contributed by atoms with van der Waals surface area (Å²) < 4.78 is 7.28. The topological polar surface area (TPSA) is 59.7 Å². The van der Waals surface area contributed by atoms with Crippen molar-refractivity contribution < 1.29 is 9.53 Å². The fourth-order valence-electron chi connectivity index (χ4n) is 4.09. The number of ether oxygens (including phenoxy) is 1. The maximum absolute atomic E-state index is 12.9. The molecule has 2 aromatic heterocycles. The predicted octanol–water partition coefficient (Wildman–Crippen LogP) is 5.70.